The van der Waals surface area contributed by atoms with Crippen LogP contribution < -0.4 is 14.8 Å². The number of ether oxygens (including phenoxy) is 2. The second-order valence-corrected chi connectivity index (χ2v) is 5.80. The number of hydrogen-bond donors (Lipinski definition) is 1. The third-order valence-corrected chi connectivity index (χ3v) is 4.15. The first-order valence-electron chi connectivity index (χ1n) is 7.43. The Hall–Kier alpha value is -1.22. The van der Waals surface area contributed by atoms with E-state index in [0.29, 0.717) is 13.2 Å². The molecule has 3 nitrogen and oxygen atoms in total. The first-order chi connectivity index (χ1) is 9.31. The average molecular weight is 261 g/mol. The molecule has 1 N–H and O–H groups in total. The summed E-state index contributed by atoms with van der Waals surface area (Å²) in [5, 5.41) is 3.67. The first kappa shape index (κ1) is 12.8. The molecule has 104 valence electrons. The smallest absolute Gasteiger partial charge is 0.161 e. The number of benzene rings is 1. The van der Waals surface area contributed by atoms with Crippen molar-refractivity contribution >= 4 is 0 Å². The fourth-order valence-electron chi connectivity index (χ4n) is 3.06. The SMILES string of the molecule is CC1CCC(NCCc2ccc3c(c2)OCCO3)C1. The van der Waals surface area contributed by atoms with E-state index in [0.717, 1.165) is 36.4 Å². The molecule has 3 heteroatoms. The van der Waals surface area contributed by atoms with Crippen molar-refractivity contribution in [1.29, 1.82) is 0 Å². The zero-order chi connectivity index (χ0) is 13.1. The van der Waals surface area contributed by atoms with Crippen LogP contribution in [0.25, 0.3) is 0 Å². The summed E-state index contributed by atoms with van der Waals surface area (Å²) in [5.74, 6) is 2.68. The lowest BCUT2D eigenvalue weighted by atomic mass is 10.1. The van der Waals surface area contributed by atoms with E-state index in [1.165, 1.54) is 24.8 Å². The third kappa shape index (κ3) is 3.21. The number of nitrogens with one attached hydrogen (secondary N) is 1. The molecule has 0 saturated heterocycles. The van der Waals surface area contributed by atoms with E-state index in [-0.39, 0.29) is 0 Å². The van der Waals surface area contributed by atoms with Crippen LogP contribution in [-0.4, -0.2) is 25.8 Å². The van der Waals surface area contributed by atoms with Gasteiger partial charge in [-0.05, 0) is 55.8 Å². The molecule has 1 saturated carbocycles. The van der Waals surface area contributed by atoms with Gasteiger partial charge in [0.1, 0.15) is 13.2 Å². The van der Waals surface area contributed by atoms with Crippen molar-refractivity contribution in [1.82, 2.24) is 5.32 Å². The van der Waals surface area contributed by atoms with Crippen molar-refractivity contribution in [3.05, 3.63) is 23.8 Å². The van der Waals surface area contributed by atoms with Crippen LogP contribution in [0.15, 0.2) is 18.2 Å². The van der Waals surface area contributed by atoms with Crippen molar-refractivity contribution < 1.29 is 9.47 Å². The molecule has 0 aromatic heterocycles. The lowest BCUT2D eigenvalue weighted by Gasteiger charge is -2.19. The fraction of sp³-hybridized carbons (Fsp3) is 0.625. The Labute approximate surface area is 115 Å². The van der Waals surface area contributed by atoms with Gasteiger partial charge in [-0.25, -0.2) is 0 Å². The van der Waals surface area contributed by atoms with E-state index in [4.69, 9.17) is 9.47 Å². The highest BCUT2D eigenvalue weighted by Gasteiger charge is 2.20. The number of fused-ring (bicyclic) bond motifs is 1. The molecule has 0 amide bonds. The molecule has 0 radical (unpaired) electrons. The molecule has 1 aromatic carbocycles. The van der Waals surface area contributed by atoms with Gasteiger partial charge in [0, 0.05) is 6.04 Å². The Morgan fingerprint density at radius 1 is 1.16 bits per heavy atom. The van der Waals surface area contributed by atoms with Gasteiger partial charge in [0.15, 0.2) is 11.5 Å². The Morgan fingerprint density at radius 3 is 2.79 bits per heavy atom. The zero-order valence-electron chi connectivity index (χ0n) is 11.7. The average Bonchev–Trinajstić information content (AvgIpc) is 2.84. The highest BCUT2D eigenvalue weighted by Crippen LogP contribution is 2.31. The summed E-state index contributed by atoms with van der Waals surface area (Å²) in [6.45, 7) is 4.72. The highest BCUT2D eigenvalue weighted by atomic mass is 16.6. The Balaban J connectivity index is 1.50. The summed E-state index contributed by atoms with van der Waals surface area (Å²) in [6.07, 6.45) is 5.10. The van der Waals surface area contributed by atoms with E-state index in [9.17, 15) is 0 Å². The van der Waals surface area contributed by atoms with E-state index in [1.807, 2.05) is 6.07 Å². The van der Waals surface area contributed by atoms with Crippen molar-refractivity contribution in [2.75, 3.05) is 19.8 Å². The standard InChI is InChI=1S/C16H23NO2/c1-12-2-4-14(10-12)17-7-6-13-3-5-15-16(11-13)19-9-8-18-15/h3,5,11-12,14,17H,2,4,6-10H2,1H3. The van der Waals surface area contributed by atoms with Crippen molar-refractivity contribution in [2.24, 2.45) is 5.92 Å². The van der Waals surface area contributed by atoms with Crippen LogP contribution in [0.1, 0.15) is 31.7 Å². The molecule has 2 atom stereocenters. The molecule has 2 aliphatic rings. The quantitative estimate of drug-likeness (QED) is 0.904. The molecular formula is C16H23NO2. The largest absolute Gasteiger partial charge is 0.486 e. The second-order valence-electron chi connectivity index (χ2n) is 5.80. The van der Waals surface area contributed by atoms with E-state index in [1.54, 1.807) is 0 Å². The van der Waals surface area contributed by atoms with Gasteiger partial charge < -0.3 is 14.8 Å². The van der Waals surface area contributed by atoms with Gasteiger partial charge in [-0.1, -0.05) is 13.0 Å². The summed E-state index contributed by atoms with van der Waals surface area (Å²) >= 11 is 0. The fourth-order valence-corrected chi connectivity index (χ4v) is 3.06. The van der Waals surface area contributed by atoms with Crippen LogP contribution in [0.4, 0.5) is 0 Å². The maximum absolute atomic E-state index is 5.61. The Morgan fingerprint density at radius 2 is 2.00 bits per heavy atom. The maximum Gasteiger partial charge on any atom is 0.161 e. The van der Waals surface area contributed by atoms with Gasteiger partial charge in [-0.15, -0.1) is 0 Å². The molecule has 1 aromatic rings. The second kappa shape index (κ2) is 5.83. The number of rotatable bonds is 4. The van der Waals surface area contributed by atoms with Crippen LogP contribution in [0.2, 0.25) is 0 Å². The molecule has 3 rings (SSSR count). The minimum atomic E-state index is 0.660. The Kier molecular flexibility index (Phi) is 3.92. The summed E-state index contributed by atoms with van der Waals surface area (Å²) < 4.78 is 11.1. The molecule has 1 fully saturated rings. The topological polar surface area (TPSA) is 30.5 Å². The molecule has 1 aliphatic heterocycles. The van der Waals surface area contributed by atoms with Crippen LogP contribution in [0.5, 0.6) is 11.5 Å². The molecule has 0 bridgehead atoms. The maximum atomic E-state index is 5.61. The lowest BCUT2D eigenvalue weighted by Crippen LogP contribution is -2.28. The molecule has 1 aliphatic carbocycles. The van der Waals surface area contributed by atoms with Crippen LogP contribution in [0, 0.1) is 5.92 Å². The van der Waals surface area contributed by atoms with E-state index in [2.05, 4.69) is 24.4 Å². The van der Waals surface area contributed by atoms with Crippen LogP contribution in [0.3, 0.4) is 0 Å². The molecule has 0 spiro atoms. The summed E-state index contributed by atoms with van der Waals surface area (Å²) in [6, 6.07) is 7.02. The zero-order valence-corrected chi connectivity index (χ0v) is 11.7. The first-order valence-corrected chi connectivity index (χ1v) is 7.43. The molecule has 19 heavy (non-hydrogen) atoms. The Bertz CT molecular complexity index is 433. The van der Waals surface area contributed by atoms with Gasteiger partial charge in [-0.3, -0.25) is 0 Å². The van der Waals surface area contributed by atoms with Crippen molar-refractivity contribution in [3.8, 4) is 11.5 Å². The molecule has 2 unspecified atom stereocenters. The predicted octanol–water partition coefficient (Wildman–Crippen LogP) is 2.78. The van der Waals surface area contributed by atoms with Crippen molar-refractivity contribution in [3.63, 3.8) is 0 Å². The van der Waals surface area contributed by atoms with Gasteiger partial charge in [0.05, 0.1) is 0 Å². The third-order valence-electron chi connectivity index (χ3n) is 4.15. The summed E-state index contributed by atoms with van der Waals surface area (Å²) in [7, 11) is 0. The van der Waals surface area contributed by atoms with Gasteiger partial charge in [-0.2, -0.15) is 0 Å². The van der Waals surface area contributed by atoms with Crippen LogP contribution >= 0.6 is 0 Å². The van der Waals surface area contributed by atoms with Crippen LogP contribution in [-0.2, 0) is 6.42 Å². The highest BCUT2D eigenvalue weighted by molar-refractivity contribution is 5.43. The number of hydrogen-bond acceptors (Lipinski definition) is 3. The minimum absolute atomic E-state index is 0.660. The monoisotopic (exact) mass is 261 g/mol. The molecule has 1 heterocycles. The minimum Gasteiger partial charge on any atom is -0.486 e. The van der Waals surface area contributed by atoms with E-state index >= 15 is 0 Å². The predicted molar refractivity (Wildman–Crippen MR) is 75.9 cm³/mol. The van der Waals surface area contributed by atoms with Gasteiger partial charge in [0.25, 0.3) is 0 Å². The summed E-state index contributed by atoms with van der Waals surface area (Å²) in [5.41, 5.74) is 1.32. The van der Waals surface area contributed by atoms with Gasteiger partial charge in [0.2, 0.25) is 0 Å². The summed E-state index contributed by atoms with van der Waals surface area (Å²) in [4.78, 5) is 0. The van der Waals surface area contributed by atoms with E-state index < -0.39 is 0 Å². The van der Waals surface area contributed by atoms with Crippen molar-refractivity contribution in [2.45, 2.75) is 38.6 Å². The normalized spacial score (nSPS) is 25.5. The lowest BCUT2D eigenvalue weighted by molar-refractivity contribution is 0.171. The molecular weight excluding hydrogens is 238 g/mol. The van der Waals surface area contributed by atoms with Gasteiger partial charge >= 0.3 is 0 Å².